The summed E-state index contributed by atoms with van der Waals surface area (Å²) >= 11 is 0. The van der Waals surface area contributed by atoms with E-state index in [1.165, 1.54) is 52.0 Å². The zero-order valence-electron chi connectivity index (χ0n) is 15.3. The SMILES string of the molecule is CCCC(CCC)CCCOC(=O)c1cc(O)c(OC)c(OC)c1. The highest BCUT2D eigenvalue weighted by atomic mass is 16.5. The van der Waals surface area contributed by atoms with Crippen molar-refractivity contribution in [1.82, 2.24) is 0 Å². The zero-order valence-corrected chi connectivity index (χ0v) is 15.3. The van der Waals surface area contributed by atoms with Crippen LogP contribution in [-0.4, -0.2) is 31.9 Å². The lowest BCUT2D eigenvalue weighted by atomic mass is 9.93. The minimum Gasteiger partial charge on any atom is -0.504 e. The van der Waals surface area contributed by atoms with E-state index in [9.17, 15) is 9.90 Å². The molecule has 0 spiro atoms. The van der Waals surface area contributed by atoms with Gasteiger partial charge in [-0.3, -0.25) is 0 Å². The molecule has 1 rings (SSSR count). The Kier molecular flexibility index (Phi) is 9.05. The molecule has 1 N–H and O–H groups in total. The first-order valence-electron chi connectivity index (χ1n) is 8.69. The molecule has 0 unspecified atom stereocenters. The van der Waals surface area contributed by atoms with Gasteiger partial charge in [0.15, 0.2) is 11.5 Å². The molecule has 0 heterocycles. The van der Waals surface area contributed by atoms with Crippen LogP contribution in [0.15, 0.2) is 12.1 Å². The molecule has 0 fully saturated rings. The van der Waals surface area contributed by atoms with Gasteiger partial charge in [-0.25, -0.2) is 4.79 Å². The second-order valence-corrected chi connectivity index (χ2v) is 5.95. The lowest BCUT2D eigenvalue weighted by molar-refractivity contribution is 0.0491. The van der Waals surface area contributed by atoms with Crippen molar-refractivity contribution in [3.63, 3.8) is 0 Å². The van der Waals surface area contributed by atoms with E-state index in [0.717, 1.165) is 12.8 Å². The van der Waals surface area contributed by atoms with Crippen molar-refractivity contribution in [3.05, 3.63) is 17.7 Å². The van der Waals surface area contributed by atoms with Crippen LogP contribution in [0.25, 0.3) is 0 Å². The number of rotatable bonds is 11. The van der Waals surface area contributed by atoms with Gasteiger partial charge in [0.05, 0.1) is 26.4 Å². The summed E-state index contributed by atoms with van der Waals surface area (Å²) in [7, 11) is 2.88. The fourth-order valence-electron chi connectivity index (χ4n) is 2.93. The number of ether oxygens (including phenoxy) is 3. The van der Waals surface area contributed by atoms with E-state index in [4.69, 9.17) is 14.2 Å². The van der Waals surface area contributed by atoms with Crippen LogP contribution in [0.5, 0.6) is 17.2 Å². The van der Waals surface area contributed by atoms with Crippen molar-refractivity contribution in [1.29, 1.82) is 0 Å². The number of phenols is 1. The fraction of sp³-hybridized carbons (Fsp3) is 0.632. The third-order valence-electron chi connectivity index (χ3n) is 4.08. The van der Waals surface area contributed by atoms with E-state index < -0.39 is 5.97 Å². The second-order valence-electron chi connectivity index (χ2n) is 5.95. The maximum atomic E-state index is 12.1. The van der Waals surface area contributed by atoms with Gasteiger partial charge in [0.1, 0.15) is 0 Å². The summed E-state index contributed by atoms with van der Waals surface area (Å²) in [6.07, 6.45) is 6.77. The minimum absolute atomic E-state index is 0.144. The summed E-state index contributed by atoms with van der Waals surface area (Å²) in [6.45, 7) is 4.79. The van der Waals surface area contributed by atoms with Crippen LogP contribution in [0.1, 0.15) is 62.7 Å². The van der Waals surface area contributed by atoms with Gasteiger partial charge in [0.2, 0.25) is 5.75 Å². The molecular weight excluding hydrogens is 308 g/mol. The van der Waals surface area contributed by atoms with Crippen LogP contribution < -0.4 is 9.47 Å². The normalized spacial score (nSPS) is 10.7. The predicted octanol–water partition coefficient (Wildman–Crippen LogP) is 4.56. The molecule has 0 aromatic heterocycles. The van der Waals surface area contributed by atoms with Crippen LogP contribution >= 0.6 is 0 Å². The van der Waals surface area contributed by atoms with Crippen LogP contribution in [0.4, 0.5) is 0 Å². The lowest BCUT2D eigenvalue weighted by Gasteiger charge is -2.15. The van der Waals surface area contributed by atoms with Crippen LogP contribution in [-0.2, 0) is 4.74 Å². The maximum Gasteiger partial charge on any atom is 0.338 e. The van der Waals surface area contributed by atoms with Crippen molar-refractivity contribution in [2.24, 2.45) is 5.92 Å². The van der Waals surface area contributed by atoms with Crippen molar-refractivity contribution in [2.45, 2.75) is 52.4 Å². The molecule has 0 atom stereocenters. The van der Waals surface area contributed by atoms with Gasteiger partial charge in [-0.2, -0.15) is 0 Å². The summed E-state index contributed by atoms with van der Waals surface area (Å²) in [4.78, 5) is 12.1. The van der Waals surface area contributed by atoms with Gasteiger partial charge >= 0.3 is 5.97 Å². The third-order valence-corrected chi connectivity index (χ3v) is 4.08. The lowest BCUT2D eigenvalue weighted by Crippen LogP contribution is -2.09. The number of carbonyl (C=O) groups excluding carboxylic acids is 1. The largest absolute Gasteiger partial charge is 0.504 e. The molecule has 1 aromatic carbocycles. The molecule has 0 saturated carbocycles. The highest BCUT2D eigenvalue weighted by Crippen LogP contribution is 2.37. The molecule has 5 heteroatoms. The Morgan fingerprint density at radius 3 is 2.29 bits per heavy atom. The number of hydrogen-bond donors (Lipinski definition) is 1. The average Bonchev–Trinajstić information content (AvgIpc) is 2.57. The first-order chi connectivity index (χ1) is 11.6. The van der Waals surface area contributed by atoms with E-state index in [1.54, 1.807) is 0 Å². The second kappa shape index (κ2) is 10.8. The molecule has 1 aromatic rings. The van der Waals surface area contributed by atoms with Gasteiger partial charge in [0, 0.05) is 0 Å². The van der Waals surface area contributed by atoms with Crippen molar-refractivity contribution in [2.75, 3.05) is 20.8 Å². The zero-order chi connectivity index (χ0) is 17.9. The van der Waals surface area contributed by atoms with Crippen LogP contribution in [0.2, 0.25) is 0 Å². The monoisotopic (exact) mass is 338 g/mol. The highest BCUT2D eigenvalue weighted by molar-refractivity contribution is 5.91. The van der Waals surface area contributed by atoms with Crippen molar-refractivity contribution in [3.8, 4) is 17.2 Å². The molecule has 0 amide bonds. The molecule has 136 valence electrons. The van der Waals surface area contributed by atoms with E-state index >= 15 is 0 Å². The summed E-state index contributed by atoms with van der Waals surface area (Å²) in [6, 6.07) is 2.85. The molecule has 0 radical (unpaired) electrons. The Labute approximate surface area is 144 Å². The van der Waals surface area contributed by atoms with E-state index in [-0.39, 0.29) is 17.1 Å². The number of aromatic hydroxyl groups is 1. The smallest absolute Gasteiger partial charge is 0.338 e. The summed E-state index contributed by atoms with van der Waals surface area (Å²) in [5.74, 6) is 0.610. The average molecular weight is 338 g/mol. The Bertz CT molecular complexity index is 507. The molecule has 24 heavy (non-hydrogen) atoms. The maximum absolute atomic E-state index is 12.1. The number of benzene rings is 1. The highest BCUT2D eigenvalue weighted by Gasteiger charge is 2.17. The molecule has 5 nitrogen and oxygen atoms in total. The molecular formula is C19H30O5. The van der Waals surface area contributed by atoms with Gasteiger partial charge in [-0.05, 0) is 30.9 Å². The number of esters is 1. The molecule has 0 aliphatic heterocycles. The molecule has 0 bridgehead atoms. The van der Waals surface area contributed by atoms with E-state index in [2.05, 4.69) is 13.8 Å². The summed E-state index contributed by atoms with van der Waals surface area (Å²) < 4.78 is 15.5. The van der Waals surface area contributed by atoms with Gasteiger partial charge < -0.3 is 19.3 Å². The quantitative estimate of drug-likeness (QED) is 0.473. The van der Waals surface area contributed by atoms with Gasteiger partial charge in [-0.15, -0.1) is 0 Å². The molecule has 0 saturated heterocycles. The first-order valence-corrected chi connectivity index (χ1v) is 8.69. The number of hydrogen-bond acceptors (Lipinski definition) is 5. The topological polar surface area (TPSA) is 65.0 Å². The van der Waals surface area contributed by atoms with Crippen LogP contribution in [0.3, 0.4) is 0 Å². The summed E-state index contributed by atoms with van der Waals surface area (Å²) in [5.41, 5.74) is 0.254. The van der Waals surface area contributed by atoms with E-state index in [0.29, 0.717) is 18.3 Å². The van der Waals surface area contributed by atoms with E-state index in [1.807, 2.05) is 0 Å². The minimum atomic E-state index is -0.464. The Balaban J connectivity index is 2.55. The number of carbonyl (C=O) groups is 1. The fourth-order valence-corrected chi connectivity index (χ4v) is 2.93. The molecule has 0 aliphatic rings. The Morgan fingerprint density at radius 1 is 1.08 bits per heavy atom. The van der Waals surface area contributed by atoms with Crippen molar-refractivity contribution >= 4 is 5.97 Å². The summed E-state index contributed by atoms with van der Waals surface area (Å²) in [5, 5.41) is 9.90. The first kappa shape index (κ1) is 20.1. The predicted molar refractivity (Wildman–Crippen MR) is 94.0 cm³/mol. The van der Waals surface area contributed by atoms with Crippen LogP contribution in [0, 0.1) is 5.92 Å². The third kappa shape index (κ3) is 5.95. The molecule has 0 aliphatic carbocycles. The van der Waals surface area contributed by atoms with Crippen molar-refractivity contribution < 1.29 is 24.1 Å². The number of phenolic OH excluding ortho intramolecular Hbond substituents is 1. The van der Waals surface area contributed by atoms with Gasteiger partial charge in [-0.1, -0.05) is 39.5 Å². The van der Waals surface area contributed by atoms with Gasteiger partial charge in [0.25, 0.3) is 0 Å². The number of methoxy groups -OCH3 is 2. The Hall–Kier alpha value is -1.91. The standard InChI is InChI=1S/C19H30O5/c1-5-8-14(9-6-2)10-7-11-24-19(21)15-12-16(20)18(23-4)17(13-15)22-3/h12-14,20H,5-11H2,1-4H3. The Morgan fingerprint density at radius 2 is 1.75 bits per heavy atom.